The van der Waals surface area contributed by atoms with Crippen molar-refractivity contribution >= 4 is 11.3 Å². The summed E-state index contributed by atoms with van der Waals surface area (Å²) in [7, 11) is 1.75. The lowest BCUT2D eigenvalue weighted by Crippen LogP contribution is -2.40. The van der Waals surface area contributed by atoms with Gasteiger partial charge in [-0.3, -0.25) is 0 Å². The van der Waals surface area contributed by atoms with E-state index in [0.717, 1.165) is 24.1 Å². The third-order valence-corrected chi connectivity index (χ3v) is 4.11. The number of rotatable bonds is 4. The van der Waals surface area contributed by atoms with Crippen molar-refractivity contribution in [3.05, 3.63) is 22.4 Å². The number of hydrogen-bond donors (Lipinski definition) is 1. The zero-order chi connectivity index (χ0) is 10.0. The van der Waals surface area contributed by atoms with E-state index in [1.807, 2.05) is 17.5 Å². The van der Waals surface area contributed by atoms with Gasteiger partial charge in [0.05, 0.1) is 11.7 Å². The van der Waals surface area contributed by atoms with Crippen LogP contribution in [0.4, 0.5) is 0 Å². The molecule has 1 aliphatic carbocycles. The quantitative estimate of drug-likeness (QED) is 0.831. The summed E-state index contributed by atoms with van der Waals surface area (Å²) in [5.74, 6) is 0. The summed E-state index contributed by atoms with van der Waals surface area (Å²) in [6.07, 6.45) is 3.79. The molecule has 0 aromatic carbocycles. The normalized spacial score (nSPS) is 21.6. The molecule has 1 atom stereocenters. The maximum atomic E-state index is 9.97. The van der Waals surface area contributed by atoms with Gasteiger partial charge in [0.25, 0.3) is 0 Å². The van der Waals surface area contributed by atoms with Gasteiger partial charge in [-0.15, -0.1) is 11.3 Å². The Balaban J connectivity index is 1.97. The van der Waals surface area contributed by atoms with Gasteiger partial charge in [0.2, 0.25) is 0 Å². The molecule has 0 radical (unpaired) electrons. The van der Waals surface area contributed by atoms with Crippen LogP contribution in [0.1, 0.15) is 36.7 Å². The number of thiophene rings is 1. The fraction of sp³-hybridized carbons (Fsp3) is 0.636. The molecule has 0 bridgehead atoms. The van der Waals surface area contributed by atoms with E-state index in [2.05, 4.69) is 0 Å². The predicted octanol–water partition coefficient (Wildman–Crippen LogP) is 2.74. The molecule has 0 aliphatic heterocycles. The van der Waals surface area contributed by atoms with Crippen LogP contribution < -0.4 is 0 Å². The number of ether oxygens (including phenoxy) is 1. The zero-order valence-corrected chi connectivity index (χ0v) is 9.22. The van der Waals surface area contributed by atoms with Gasteiger partial charge >= 0.3 is 0 Å². The van der Waals surface area contributed by atoms with Crippen LogP contribution in [-0.4, -0.2) is 17.8 Å². The Kier molecular flexibility index (Phi) is 2.91. The summed E-state index contributed by atoms with van der Waals surface area (Å²) in [6.45, 7) is 0. The lowest BCUT2D eigenvalue weighted by molar-refractivity contribution is -0.0994. The van der Waals surface area contributed by atoms with Gasteiger partial charge < -0.3 is 9.84 Å². The molecule has 1 aromatic heterocycles. The summed E-state index contributed by atoms with van der Waals surface area (Å²) in [5.41, 5.74) is -0.0383. The number of methoxy groups -OCH3 is 1. The van der Waals surface area contributed by atoms with Gasteiger partial charge in [-0.2, -0.15) is 0 Å². The van der Waals surface area contributed by atoms with E-state index in [4.69, 9.17) is 4.74 Å². The maximum absolute atomic E-state index is 9.97. The Hall–Kier alpha value is -0.380. The largest absolute Gasteiger partial charge is 0.387 e. The summed E-state index contributed by atoms with van der Waals surface area (Å²) >= 11 is 1.61. The van der Waals surface area contributed by atoms with Gasteiger partial charge in [0.1, 0.15) is 0 Å². The first-order valence-electron chi connectivity index (χ1n) is 5.02. The Morgan fingerprint density at radius 3 is 2.86 bits per heavy atom. The van der Waals surface area contributed by atoms with Gasteiger partial charge in [0, 0.05) is 18.4 Å². The van der Waals surface area contributed by atoms with Crippen LogP contribution in [0.15, 0.2) is 17.5 Å². The van der Waals surface area contributed by atoms with Crippen LogP contribution in [-0.2, 0) is 4.74 Å². The topological polar surface area (TPSA) is 29.5 Å². The summed E-state index contributed by atoms with van der Waals surface area (Å²) < 4.78 is 5.49. The summed E-state index contributed by atoms with van der Waals surface area (Å²) in [6, 6.07) is 3.96. The van der Waals surface area contributed by atoms with E-state index >= 15 is 0 Å². The monoisotopic (exact) mass is 212 g/mol. The van der Waals surface area contributed by atoms with E-state index in [0.29, 0.717) is 0 Å². The average molecular weight is 212 g/mol. The second kappa shape index (κ2) is 4.01. The van der Waals surface area contributed by atoms with Crippen molar-refractivity contribution < 1.29 is 9.84 Å². The Labute approximate surface area is 88.5 Å². The minimum Gasteiger partial charge on any atom is -0.387 e. The molecule has 2 rings (SSSR count). The number of aliphatic hydroxyl groups is 1. The van der Waals surface area contributed by atoms with Crippen LogP contribution in [0, 0.1) is 0 Å². The molecule has 1 fully saturated rings. The lowest BCUT2D eigenvalue weighted by atomic mass is 9.76. The second-order valence-electron chi connectivity index (χ2n) is 3.98. The van der Waals surface area contributed by atoms with E-state index in [1.54, 1.807) is 18.4 Å². The third-order valence-electron chi connectivity index (χ3n) is 3.13. The standard InChI is InChI=1S/C11H16O2S/c1-13-11(5-3-6-11)8-9(12)10-4-2-7-14-10/h2,4,7,9,12H,3,5-6,8H2,1H3. The predicted molar refractivity (Wildman–Crippen MR) is 57.5 cm³/mol. The number of hydrogen-bond acceptors (Lipinski definition) is 3. The van der Waals surface area contributed by atoms with Crippen molar-refractivity contribution in [2.45, 2.75) is 37.4 Å². The summed E-state index contributed by atoms with van der Waals surface area (Å²) in [5, 5.41) is 12.0. The van der Waals surface area contributed by atoms with E-state index < -0.39 is 0 Å². The molecule has 1 N–H and O–H groups in total. The molecule has 0 amide bonds. The lowest BCUT2D eigenvalue weighted by Gasteiger charge is -2.41. The fourth-order valence-corrected chi connectivity index (χ4v) is 2.71. The molecular formula is C11H16O2S. The summed E-state index contributed by atoms with van der Waals surface area (Å²) in [4.78, 5) is 1.05. The van der Waals surface area contributed by atoms with Crippen LogP contribution >= 0.6 is 11.3 Å². The Bertz CT molecular complexity index is 272. The second-order valence-corrected chi connectivity index (χ2v) is 4.96. The molecular weight excluding hydrogens is 196 g/mol. The van der Waals surface area contributed by atoms with Crippen molar-refractivity contribution in [2.24, 2.45) is 0 Å². The van der Waals surface area contributed by atoms with Gasteiger partial charge in [-0.1, -0.05) is 6.07 Å². The van der Waals surface area contributed by atoms with Crippen molar-refractivity contribution in [3.8, 4) is 0 Å². The minimum absolute atomic E-state index is 0.0383. The molecule has 0 saturated heterocycles. The molecule has 2 nitrogen and oxygen atoms in total. The van der Waals surface area contributed by atoms with Crippen LogP contribution in [0.5, 0.6) is 0 Å². The third kappa shape index (κ3) is 1.85. The molecule has 78 valence electrons. The van der Waals surface area contributed by atoms with Crippen molar-refractivity contribution in [1.82, 2.24) is 0 Å². The highest BCUT2D eigenvalue weighted by Gasteiger charge is 2.39. The number of aliphatic hydroxyl groups excluding tert-OH is 1. The minimum atomic E-state index is -0.352. The van der Waals surface area contributed by atoms with E-state index in [1.165, 1.54) is 6.42 Å². The maximum Gasteiger partial charge on any atom is 0.0909 e. The van der Waals surface area contributed by atoms with Gasteiger partial charge in [-0.05, 0) is 30.7 Å². The smallest absolute Gasteiger partial charge is 0.0909 e. The van der Waals surface area contributed by atoms with Gasteiger partial charge in [0.15, 0.2) is 0 Å². The van der Waals surface area contributed by atoms with Crippen molar-refractivity contribution in [1.29, 1.82) is 0 Å². The first-order valence-corrected chi connectivity index (χ1v) is 5.90. The zero-order valence-electron chi connectivity index (χ0n) is 8.40. The van der Waals surface area contributed by atoms with Crippen LogP contribution in [0.25, 0.3) is 0 Å². The average Bonchev–Trinajstić information content (AvgIpc) is 2.63. The van der Waals surface area contributed by atoms with Gasteiger partial charge in [-0.25, -0.2) is 0 Å². The van der Waals surface area contributed by atoms with Crippen molar-refractivity contribution in [3.63, 3.8) is 0 Å². The van der Waals surface area contributed by atoms with E-state index in [-0.39, 0.29) is 11.7 Å². The highest BCUT2D eigenvalue weighted by molar-refractivity contribution is 7.10. The molecule has 1 heterocycles. The molecule has 1 saturated carbocycles. The van der Waals surface area contributed by atoms with Crippen LogP contribution in [0.2, 0.25) is 0 Å². The fourth-order valence-electron chi connectivity index (χ4n) is 2.00. The molecule has 1 aliphatic rings. The molecule has 3 heteroatoms. The Morgan fingerprint density at radius 1 is 1.64 bits per heavy atom. The highest BCUT2D eigenvalue weighted by Crippen LogP contribution is 2.42. The molecule has 14 heavy (non-hydrogen) atoms. The Morgan fingerprint density at radius 2 is 2.43 bits per heavy atom. The molecule has 0 spiro atoms. The van der Waals surface area contributed by atoms with Crippen LogP contribution in [0.3, 0.4) is 0 Å². The molecule has 1 aromatic rings. The first kappa shape index (κ1) is 10.1. The molecule has 1 unspecified atom stereocenters. The van der Waals surface area contributed by atoms with E-state index in [9.17, 15) is 5.11 Å². The first-order chi connectivity index (χ1) is 6.76. The van der Waals surface area contributed by atoms with Crippen molar-refractivity contribution in [2.75, 3.05) is 7.11 Å². The SMILES string of the molecule is COC1(CC(O)c2cccs2)CCC1. The highest BCUT2D eigenvalue weighted by atomic mass is 32.1.